The monoisotopic (exact) mass is 341 g/mol. The van der Waals surface area contributed by atoms with Gasteiger partial charge in [-0.15, -0.1) is 11.3 Å². The Bertz CT molecular complexity index is 647. The van der Waals surface area contributed by atoms with Crippen LogP contribution in [0.25, 0.3) is 0 Å². The SMILES string of the molecule is Cc1ccc(CN=C(NCC2CCS(=O)(=O)C2)NC2CC2)s1. The maximum absolute atomic E-state index is 11.5. The number of hydrogen-bond acceptors (Lipinski definition) is 4. The summed E-state index contributed by atoms with van der Waals surface area (Å²) in [6.07, 6.45) is 3.14. The predicted molar refractivity (Wildman–Crippen MR) is 91.1 cm³/mol. The number of thiophene rings is 1. The molecule has 1 saturated heterocycles. The first-order chi connectivity index (χ1) is 10.5. The Hall–Kier alpha value is -1.08. The molecule has 1 saturated carbocycles. The smallest absolute Gasteiger partial charge is 0.191 e. The van der Waals surface area contributed by atoms with E-state index in [2.05, 4.69) is 34.7 Å². The van der Waals surface area contributed by atoms with Crippen LogP contribution >= 0.6 is 11.3 Å². The van der Waals surface area contributed by atoms with Crippen molar-refractivity contribution in [2.24, 2.45) is 10.9 Å². The van der Waals surface area contributed by atoms with Crippen LogP contribution in [0.1, 0.15) is 29.0 Å². The molecule has 2 fully saturated rings. The zero-order valence-electron chi connectivity index (χ0n) is 12.8. The number of rotatable bonds is 5. The molecule has 2 heterocycles. The predicted octanol–water partition coefficient (Wildman–Crippen LogP) is 1.69. The highest BCUT2D eigenvalue weighted by Gasteiger charge is 2.28. The van der Waals surface area contributed by atoms with Crippen LogP contribution in [-0.2, 0) is 16.4 Å². The molecule has 0 radical (unpaired) electrons. The number of aryl methyl sites for hydroxylation is 1. The summed E-state index contributed by atoms with van der Waals surface area (Å²) in [5.74, 6) is 1.66. The Morgan fingerprint density at radius 2 is 2.18 bits per heavy atom. The topological polar surface area (TPSA) is 70.6 Å². The Labute approximate surface area is 136 Å². The normalized spacial score (nSPS) is 24.4. The minimum Gasteiger partial charge on any atom is -0.356 e. The van der Waals surface area contributed by atoms with Gasteiger partial charge >= 0.3 is 0 Å². The number of hydrogen-bond donors (Lipinski definition) is 2. The lowest BCUT2D eigenvalue weighted by Crippen LogP contribution is -2.41. The van der Waals surface area contributed by atoms with Crippen molar-refractivity contribution in [2.75, 3.05) is 18.1 Å². The van der Waals surface area contributed by atoms with E-state index in [4.69, 9.17) is 0 Å². The van der Waals surface area contributed by atoms with E-state index < -0.39 is 9.84 Å². The summed E-state index contributed by atoms with van der Waals surface area (Å²) >= 11 is 1.77. The third-order valence-corrected chi connectivity index (χ3v) is 6.81. The van der Waals surface area contributed by atoms with Gasteiger partial charge in [0.1, 0.15) is 0 Å². The van der Waals surface area contributed by atoms with Gasteiger partial charge in [0.15, 0.2) is 15.8 Å². The summed E-state index contributed by atoms with van der Waals surface area (Å²) in [7, 11) is -2.81. The molecule has 1 unspecified atom stereocenters. The van der Waals surface area contributed by atoms with E-state index >= 15 is 0 Å². The van der Waals surface area contributed by atoms with Crippen molar-refractivity contribution in [1.29, 1.82) is 0 Å². The lowest BCUT2D eigenvalue weighted by molar-refractivity contribution is 0.566. The molecule has 5 nitrogen and oxygen atoms in total. The van der Waals surface area contributed by atoms with Gasteiger partial charge in [-0.25, -0.2) is 13.4 Å². The summed E-state index contributed by atoms with van der Waals surface area (Å²) in [6, 6.07) is 4.76. The second-order valence-electron chi connectivity index (χ2n) is 6.25. The first-order valence-electron chi connectivity index (χ1n) is 7.81. The van der Waals surface area contributed by atoms with Crippen LogP contribution in [0.4, 0.5) is 0 Å². The zero-order valence-corrected chi connectivity index (χ0v) is 14.5. The van der Waals surface area contributed by atoms with E-state index in [0.29, 0.717) is 30.6 Å². The van der Waals surface area contributed by atoms with E-state index in [9.17, 15) is 8.42 Å². The molecule has 1 aromatic rings. The van der Waals surface area contributed by atoms with E-state index in [0.717, 1.165) is 12.4 Å². The molecule has 0 bridgehead atoms. The van der Waals surface area contributed by atoms with Crippen LogP contribution in [0.5, 0.6) is 0 Å². The first-order valence-corrected chi connectivity index (χ1v) is 10.4. The molecular formula is C15H23N3O2S2. The fourth-order valence-electron chi connectivity index (χ4n) is 2.57. The molecule has 122 valence electrons. The molecule has 1 aromatic heterocycles. The third-order valence-electron chi connectivity index (χ3n) is 3.99. The molecule has 0 spiro atoms. The fraction of sp³-hybridized carbons (Fsp3) is 0.667. The molecule has 7 heteroatoms. The van der Waals surface area contributed by atoms with Crippen LogP contribution in [0.2, 0.25) is 0 Å². The van der Waals surface area contributed by atoms with Crippen molar-refractivity contribution in [3.8, 4) is 0 Å². The Morgan fingerprint density at radius 3 is 2.77 bits per heavy atom. The van der Waals surface area contributed by atoms with Crippen LogP contribution < -0.4 is 10.6 Å². The quantitative estimate of drug-likeness (QED) is 0.632. The van der Waals surface area contributed by atoms with Gasteiger partial charge in [0, 0.05) is 22.3 Å². The van der Waals surface area contributed by atoms with Crippen molar-refractivity contribution in [2.45, 2.75) is 38.8 Å². The van der Waals surface area contributed by atoms with E-state index in [1.807, 2.05) is 0 Å². The molecule has 1 atom stereocenters. The molecule has 0 amide bonds. The second-order valence-corrected chi connectivity index (χ2v) is 9.85. The Balaban J connectivity index is 1.55. The highest BCUT2D eigenvalue weighted by Crippen LogP contribution is 2.20. The molecule has 0 aromatic carbocycles. The Morgan fingerprint density at radius 1 is 1.36 bits per heavy atom. The van der Waals surface area contributed by atoms with Gasteiger partial charge in [0.05, 0.1) is 18.1 Å². The fourth-order valence-corrected chi connectivity index (χ4v) is 5.25. The van der Waals surface area contributed by atoms with Crippen molar-refractivity contribution in [1.82, 2.24) is 10.6 Å². The van der Waals surface area contributed by atoms with Crippen LogP contribution in [0.15, 0.2) is 17.1 Å². The lowest BCUT2D eigenvalue weighted by Gasteiger charge is -2.14. The summed E-state index contributed by atoms with van der Waals surface area (Å²) in [5, 5.41) is 6.73. The van der Waals surface area contributed by atoms with Crippen LogP contribution in [-0.4, -0.2) is 38.5 Å². The second kappa shape index (κ2) is 6.58. The third kappa shape index (κ3) is 4.71. The summed E-state index contributed by atoms with van der Waals surface area (Å²) in [6.45, 7) is 3.45. The maximum Gasteiger partial charge on any atom is 0.191 e. The highest BCUT2D eigenvalue weighted by atomic mass is 32.2. The Kier molecular flexibility index (Phi) is 4.73. The molecule has 2 aliphatic rings. The van der Waals surface area contributed by atoms with Crippen LogP contribution in [0, 0.1) is 12.8 Å². The standard InChI is InChI=1S/C15H23N3O2S2/c1-11-2-5-14(21-11)9-17-15(18-13-3-4-13)16-8-12-6-7-22(19,20)10-12/h2,5,12-13H,3-4,6-10H2,1H3,(H2,16,17,18). The number of aliphatic imine (C=N–C) groups is 1. The van der Waals surface area contributed by atoms with Crippen molar-refractivity contribution in [3.63, 3.8) is 0 Å². The first kappa shape index (κ1) is 15.8. The maximum atomic E-state index is 11.5. The molecule has 1 aliphatic carbocycles. The van der Waals surface area contributed by atoms with Gasteiger partial charge in [-0.2, -0.15) is 0 Å². The van der Waals surface area contributed by atoms with E-state index in [1.54, 1.807) is 11.3 Å². The van der Waals surface area contributed by atoms with Gasteiger partial charge < -0.3 is 10.6 Å². The van der Waals surface area contributed by atoms with E-state index in [-0.39, 0.29) is 5.92 Å². The minimum atomic E-state index is -2.81. The molecule has 1 aliphatic heterocycles. The van der Waals surface area contributed by atoms with Gasteiger partial charge in [0.2, 0.25) is 0 Å². The van der Waals surface area contributed by atoms with Crippen molar-refractivity contribution < 1.29 is 8.42 Å². The van der Waals surface area contributed by atoms with Crippen LogP contribution in [0.3, 0.4) is 0 Å². The number of guanidine groups is 1. The summed E-state index contributed by atoms with van der Waals surface area (Å²) in [5.41, 5.74) is 0. The largest absolute Gasteiger partial charge is 0.356 e. The average molecular weight is 342 g/mol. The summed E-state index contributed by atoms with van der Waals surface area (Å²) < 4.78 is 23.0. The molecule has 22 heavy (non-hydrogen) atoms. The van der Waals surface area contributed by atoms with Gasteiger partial charge in [-0.3, -0.25) is 0 Å². The van der Waals surface area contributed by atoms with Crippen molar-refractivity contribution >= 4 is 27.1 Å². The number of nitrogens with zero attached hydrogens (tertiary/aromatic N) is 1. The van der Waals surface area contributed by atoms with Gasteiger partial charge in [0.25, 0.3) is 0 Å². The number of nitrogens with one attached hydrogen (secondary N) is 2. The minimum absolute atomic E-state index is 0.209. The molecule has 3 rings (SSSR count). The zero-order chi connectivity index (χ0) is 15.6. The summed E-state index contributed by atoms with van der Waals surface area (Å²) in [4.78, 5) is 7.19. The van der Waals surface area contributed by atoms with Gasteiger partial charge in [-0.05, 0) is 44.2 Å². The molecule has 2 N–H and O–H groups in total. The highest BCUT2D eigenvalue weighted by molar-refractivity contribution is 7.91. The average Bonchev–Trinajstić information content (AvgIpc) is 3.07. The van der Waals surface area contributed by atoms with Gasteiger partial charge in [-0.1, -0.05) is 0 Å². The lowest BCUT2D eigenvalue weighted by atomic mass is 10.1. The van der Waals surface area contributed by atoms with E-state index in [1.165, 1.54) is 22.6 Å². The van der Waals surface area contributed by atoms with Crippen molar-refractivity contribution in [3.05, 3.63) is 21.9 Å². The number of sulfone groups is 1. The molecular weight excluding hydrogens is 318 g/mol.